The summed E-state index contributed by atoms with van der Waals surface area (Å²) in [6, 6.07) is 4.24. The summed E-state index contributed by atoms with van der Waals surface area (Å²) in [6.07, 6.45) is 7.90. The molecule has 4 rings (SSSR count). The van der Waals surface area contributed by atoms with E-state index in [1.807, 2.05) is 18.6 Å². The first kappa shape index (κ1) is 12.5. The van der Waals surface area contributed by atoms with Gasteiger partial charge in [-0.05, 0) is 31.5 Å². The second kappa shape index (κ2) is 5.29. The maximum Gasteiger partial charge on any atom is 0.155 e. The van der Waals surface area contributed by atoms with Crippen LogP contribution in [0.5, 0.6) is 0 Å². The molecule has 0 aromatic carbocycles. The largest absolute Gasteiger partial charge is 0.348 e. The number of imidazole rings is 1. The van der Waals surface area contributed by atoms with Gasteiger partial charge in [-0.1, -0.05) is 0 Å². The molecular weight excluding hydrogens is 264 g/mol. The average Bonchev–Trinajstić information content (AvgIpc) is 3.17. The van der Waals surface area contributed by atoms with Gasteiger partial charge in [0.15, 0.2) is 5.65 Å². The van der Waals surface area contributed by atoms with Gasteiger partial charge >= 0.3 is 0 Å². The van der Waals surface area contributed by atoms with Crippen LogP contribution in [0.1, 0.15) is 30.3 Å². The number of nitrogens with one attached hydrogen (secondary N) is 2. The predicted molar refractivity (Wildman–Crippen MR) is 79.7 cm³/mol. The lowest BCUT2D eigenvalue weighted by molar-refractivity contribution is 0.195. The van der Waals surface area contributed by atoms with Gasteiger partial charge in [-0.15, -0.1) is 0 Å². The van der Waals surface area contributed by atoms with Crippen molar-refractivity contribution in [2.45, 2.75) is 25.3 Å². The molecule has 1 unspecified atom stereocenters. The Balaban J connectivity index is 1.51. The summed E-state index contributed by atoms with van der Waals surface area (Å²) in [7, 11) is 0. The minimum Gasteiger partial charge on any atom is -0.348 e. The number of likely N-dealkylation sites (tertiary alicyclic amines) is 1. The zero-order chi connectivity index (χ0) is 14.1. The molecule has 0 aliphatic carbocycles. The highest BCUT2D eigenvalue weighted by Crippen LogP contribution is 2.27. The number of pyridine rings is 1. The normalized spacial score (nSPS) is 20.1. The summed E-state index contributed by atoms with van der Waals surface area (Å²) in [5.74, 6) is 1.52. The van der Waals surface area contributed by atoms with Crippen molar-refractivity contribution in [1.29, 1.82) is 0 Å². The van der Waals surface area contributed by atoms with Gasteiger partial charge in [-0.2, -0.15) is 5.10 Å². The number of fused-ring (bicyclic) bond motifs is 1. The van der Waals surface area contributed by atoms with E-state index in [0.717, 1.165) is 42.2 Å². The third kappa shape index (κ3) is 2.54. The van der Waals surface area contributed by atoms with Crippen LogP contribution in [0.2, 0.25) is 0 Å². The highest BCUT2D eigenvalue weighted by molar-refractivity contribution is 5.73. The molecule has 1 aliphatic heterocycles. The molecule has 0 bridgehead atoms. The molecule has 6 nitrogen and oxygen atoms in total. The Morgan fingerprint density at radius 1 is 1.33 bits per heavy atom. The van der Waals surface area contributed by atoms with E-state index in [2.05, 4.69) is 37.2 Å². The molecule has 4 heterocycles. The van der Waals surface area contributed by atoms with Crippen LogP contribution < -0.4 is 0 Å². The number of nitrogens with zero attached hydrogens (tertiary/aromatic N) is 4. The van der Waals surface area contributed by atoms with Crippen molar-refractivity contribution in [2.24, 2.45) is 0 Å². The number of H-pyrrole nitrogens is 2. The Bertz CT molecular complexity index is 717. The number of hydrogen-bond acceptors (Lipinski definition) is 4. The molecule has 1 aliphatic rings. The molecule has 0 radical (unpaired) electrons. The van der Waals surface area contributed by atoms with Crippen molar-refractivity contribution in [1.82, 2.24) is 30.0 Å². The van der Waals surface area contributed by atoms with Crippen molar-refractivity contribution < 1.29 is 0 Å². The van der Waals surface area contributed by atoms with E-state index >= 15 is 0 Å². The molecule has 108 valence electrons. The number of piperidine rings is 1. The standard InChI is InChI=1S/C15H18N6/c1-2-12(9-21(7-1)10-14-16-5-6-17-14)13-4-3-11-8-18-20-15(11)19-13/h3-6,8,12H,1-2,7,9-10H2,(H,16,17)(H,18,19,20). The van der Waals surface area contributed by atoms with Crippen molar-refractivity contribution in [3.63, 3.8) is 0 Å². The van der Waals surface area contributed by atoms with Gasteiger partial charge in [0.1, 0.15) is 5.82 Å². The smallest absolute Gasteiger partial charge is 0.155 e. The SMILES string of the molecule is c1c[nH]c(CN2CCCC(c3ccc4cn[nH]c4n3)C2)n1. The fraction of sp³-hybridized carbons (Fsp3) is 0.400. The topological polar surface area (TPSA) is 73.5 Å². The molecule has 1 saturated heterocycles. The summed E-state index contributed by atoms with van der Waals surface area (Å²) in [6.45, 7) is 3.05. The van der Waals surface area contributed by atoms with Crippen molar-refractivity contribution in [3.8, 4) is 0 Å². The molecular formula is C15H18N6. The van der Waals surface area contributed by atoms with E-state index < -0.39 is 0 Å². The van der Waals surface area contributed by atoms with Crippen LogP contribution in [0.25, 0.3) is 11.0 Å². The highest BCUT2D eigenvalue weighted by atomic mass is 15.2. The average molecular weight is 282 g/mol. The Hall–Kier alpha value is -2.21. The van der Waals surface area contributed by atoms with E-state index in [1.54, 1.807) is 0 Å². The van der Waals surface area contributed by atoms with Crippen LogP contribution in [-0.2, 0) is 6.54 Å². The summed E-state index contributed by atoms with van der Waals surface area (Å²) in [5.41, 5.74) is 2.05. The third-order valence-corrected chi connectivity index (χ3v) is 4.17. The fourth-order valence-corrected chi connectivity index (χ4v) is 3.11. The first-order valence-electron chi connectivity index (χ1n) is 7.39. The van der Waals surface area contributed by atoms with Crippen LogP contribution in [0.15, 0.2) is 30.7 Å². The number of rotatable bonds is 3. The predicted octanol–water partition coefficient (Wildman–Crippen LogP) is 2.06. The van der Waals surface area contributed by atoms with Crippen molar-refractivity contribution in [2.75, 3.05) is 13.1 Å². The highest BCUT2D eigenvalue weighted by Gasteiger charge is 2.23. The minimum absolute atomic E-state index is 0.487. The van der Waals surface area contributed by atoms with Crippen LogP contribution in [0.3, 0.4) is 0 Å². The molecule has 1 fully saturated rings. The van der Waals surface area contributed by atoms with Gasteiger partial charge in [0.05, 0.1) is 12.7 Å². The number of hydrogen-bond donors (Lipinski definition) is 2. The lowest BCUT2D eigenvalue weighted by Gasteiger charge is -2.31. The molecule has 1 atom stereocenters. The van der Waals surface area contributed by atoms with Gasteiger partial charge < -0.3 is 4.98 Å². The second-order valence-corrected chi connectivity index (χ2v) is 5.65. The van der Waals surface area contributed by atoms with E-state index in [-0.39, 0.29) is 0 Å². The van der Waals surface area contributed by atoms with Gasteiger partial charge in [0, 0.05) is 35.9 Å². The Morgan fingerprint density at radius 2 is 2.33 bits per heavy atom. The number of aromatic amines is 2. The molecule has 6 heteroatoms. The van der Waals surface area contributed by atoms with Gasteiger partial charge in [0.25, 0.3) is 0 Å². The van der Waals surface area contributed by atoms with E-state index in [1.165, 1.54) is 12.8 Å². The summed E-state index contributed by atoms with van der Waals surface area (Å²) in [4.78, 5) is 14.7. The maximum absolute atomic E-state index is 4.72. The number of aromatic nitrogens is 5. The van der Waals surface area contributed by atoms with Crippen molar-refractivity contribution in [3.05, 3.63) is 42.2 Å². The molecule has 3 aromatic rings. The zero-order valence-corrected chi connectivity index (χ0v) is 11.8. The third-order valence-electron chi connectivity index (χ3n) is 4.17. The Kier molecular flexibility index (Phi) is 3.16. The van der Waals surface area contributed by atoms with Gasteiger partial charge in [-0.25, -0.2) is 9.97 Å². The van der Waals surface area contributed by atoms with Gasteiger partial charge in [-0.3, -0.25) is 10.00 Å². The quantitative estimate of drug-likeness (QED) is 0.771. The molecule has 0 amide bonds. The molecule has 0 saturated carbocycles. The summed E-state index contributed by atoms with van der Waals surface area (Å²) in [5, 5.41) is 8.07. The molecule has 2 N–H and O–H groups in total. The van der Waals surface area contributed by atoms with Crippen LogP contribution in [0.4, 0.5) is 0 Å². The fourth-order valence-electron chi connectivity index (χ4n) is 3.11. The maximum atomic E-state index is 4.72. The second-order valence-electron chi connectivity index (χ2n) is 5.65. The van der Waals surface area contributed by atoms with Crippen LogP contribution >= 0.6 is 0 Å². The lowest BCUT2D eigenvalue weighted by atomic mass is 9.94. The van der Waals surface area contributed by atoms with Crippen LogP contribution in [-0.4, -0.2) is 43.1 Å². The first-order valence-corrected chi connectivity index (χ1v) is 7.39. The Morgan fingerprint density at radius 3 is 3.24 bits per heavy atom. The van der Waals surface area contributed by atoms with E-state index in [0.29, 0.717) is 5.92 Å². The van der Waals surface area contributed by atoms with Crippen LogP contribution in [0, 0.1) is 0 Å². The Labute approximate surface area is 122 Å². The zero-order valence-electron chi connectivity index (χ0n) is 11.8. The molecule has 0 spiro atoms. The summed E-state index contributed by atoms with van der Waals surface area (Å²) >= 11 is 0. The minimum atomic E-state index is 0.487. The first-order chi connectivity index (χ1) is 10.4. The monoisotopic (exact) mass is 282 g/mol. The molecule has 3 aromatic heterocycles. The van der Waals surface area contributed by atoms with E-state index in [9.17, 15) is 0 Å². The van der Waals surface area contributed by atoms with E-state index in [4.69, 9.17) is 4.98 Å². The summed E-state index contributed by atoms with van der Waals surface area (Å²) < 4.78 is 0. The molecule has 21 heavy (non-hydrogen) atoms. The lowest BCUT2D eigenvalue weighted by Crippen LogP contribution is -2.34. The van der Waals surface area contributed by atoms with Crippen molar-refractivity contribution >= 4 is 11.0 Å². The van der Waals surface area contributed by atoms with Gasteiger partial charge in [0.2, 0.25) is 0 Å².